The molecule has 0 amide bonds. The van der Waals surface area contributed by atoms with Crippen LogP contribution >= 0.6 is 0 Å². The number of methoxy groups -OCH3 is 1. The zero-order valence-corrected chi connectivity index (χ0v) is 11.2. The molecule has 1 heterocycles. The van der Waals surface area contributed by atoms with Crippen molar-refractivity contribution in [3.05, 3.63) is 23.8 Å². The topological polar surface area (TPSA) is 24.5 Å². The van der Waals surface area contributed by atoms with Gasteiger partial charge < -0.3 is 15.0 Å². The molecule has 1 aliphatic heterocycles. The zero-order chi connectivity index (χ0) is 12.4. The Kier molecular flexibility index (Phi) is 3.57. The number of rotatable bonds is 2. The van der Waals surface area contributed by atoms with Gasteiger partial charge in [0.25, 0.3) is 0 Å². The first-order valence-electron chi connectivity index (χ1n) is 6.26. The quantitative estimate of drug-likeness (QED) is 0.849. The van der Waals surface area contributed by atoms with Gasteiger partial charge in [0.1, 0.15) is 5.75 Å². The van der Waals surface area contributed by atoms with Crippen LogP contribution in [0.3, 0.4) is 0 Å². The molecule has 0 radical (unpaired) electrons. The summed E-state index contributed by atoms with van der Waals surface area (Å²) < 4.78 is 5.30. The van der Waals surface area contributed by atoms with Crippen LogP contribution < -0.4 is 15.0 Å². The molecule has 2 rings (SSSR count). The average molecular weight is 234 g/mol. The van der Waals surface area contributed by atoms with Crippen LogP contribution in [0.5, 0.6) is 5.75 Å². The fourth-order valence-corrected chi connectivity index (χ4v) is 2.42. The van der Waals surface area contributed by atoms with Gasteiger partial charge in [-0.05, 0) is 44.5 Å². The summed E-state index contributed by atoms with van der Waals surface area (Å²) in [4.78, 5) is 2.47. The van der Waals surface area contributed by atoms with Crippen molar-refractivity contribution in [1.82, 2.24) is 5.32 Å². The van der Waals surface area contributed by atoms with Crippen LogP contribution in [-0.2, 0) is 0 Å². The number of benzene rings is 1. The standard InChI is InChI=1S/C14H22N2O/c1-10-7-13(5-6-14(10)17-4)16-9-11(2)15-8-12(16)3/h5-7,11-12,15H,8-9H2,1-4H3. The van der Waals surface area contributed by atoms with Crippen LogP contribution in [0.25, 0.3) is 0 Å². The van der Waals surface area contributed by atoms with Crippen molar-refractivity contribution in [2.75, 3.05) is 25.1 Å². The molecular weight excluding hydrogens is 212 g/mol. The molecule has 1 fully saturated rings. The number of piperazine rings is 1. The summed E-state index contributed by atoms with van der Waals surface area (Å²) in [5.74, 6) is 0.963. The third kappa shape index (κ3) is 2.55. The van der Waals surface area contributed by atoms with Crippen molar-refractivity contribution >= 4 is 5.69 Å². The second kappa shape index (κ2) is 4.96. The van der Waals surface area contributed by atoms with Crippen LogP contribution in [0.1, 0.15) is 19.4 Å². The number of hydrogen-bond acceptors (Lipinski definition) is 3. The van der Waals surface area contributed by atoms with E-state index in [2.05, 4.69) is 49.2 Å². The number of aryl methyl sites for hydroxylation is 1. The molecule has 1 aromatic rings. The van der Waals surface area contributed by atoms with Gasteiger partial charge in [0.15, 0.2) is 0 Å². The van der Waals surface area contributed by atoms with E-state index in [0.717, 1.165) is 18.8 Å². The number of anilines is 1. The van der Waals surface area contributed by atoms with E-state index in [1.54, 1.807) is 7.11 Å². The Hall–Kier alpha value is -1.22. The summed E-state index contributed by atoms with van der Waals surface area (Å²) in [5, 5.41) is 3.50. The van der Waals surface area contributed by atoms with Gasteiger partial charge in [0.05, 0.1) is 7.11 Å². The normalized spacial score (nSPS) is 24.8. The molecule has 1 aromatic carbocycles. The molecule has 17 heavy (non-hydrogen) atoms. The lowest BCUT2D eigenvalue weighted by Gasteiger charge is -2.39. The summed E-state index contributed by atoms with van der Waals surface area (Å²) in [5.41, 5.74) is 2.49. The van der Waals surface area contributed by atoms with E-state index < -0.39 is 0 Å². The Bertz CT molecular complexity index is 392. The molecule has 0 spiro atoms. The maximum absolute atomic E-state index is 5.30. The predicted octanol–water partition coefficient (Wildman–Crippen LogP) is 2.19. The second-order valence-corrected chi connectivity index (χ2v) is 4.96. The number of nitrogens with one attached hydrogen (secondary N) is 1. The third-order valence-electron chi connectivity index (χ3n) is 3.47. The zero-order valence-electron chi connectivity index (χ0n) is 11.2. The van der Waals surface area contributed by atoms with Crippen molar-refractivity contribution in [2.45, 2.75) is 32.9 Å². The van der Waals surface area contributed by atoms with Gasteiger partial charge in [0, 0.05) is 30.9 Å². The second-order valence-electron chi connectivity index (χ2n) is 4.96. The molecule has 3 nitrogen and oxygen atoms in total. The lowest BCUT2D eigenvalue weighted by molar-refractivity contribution is 0.410. The summed E-state index contributed by atoms with van der Waals surface area (Å²) >= 11 is 0. The largest absolute Gasteiger partial charge is 0.496 e. The molecule has 2 unspecified atom stereocenters. The van der Waals surface area contributed by atoms with E-state index in [0.29, 0.717) is 12.1 Å². The summed E-state index contributed by atoms with van der Waals surface area (Å²) in [6.45, 7) is 8.70. The molecule has 3 heteroatoms. The number of hydrogen-bond donors (Lipinski definition) is 1. The van der Waals surface area contributed by atoms with E-state index >= 15 is 0 Å². The Morgan fingerprint density at radius 2 is 2.12 bits per heavy atom. The van der Waals surface area contributed by atoms with E-state index in [9.17, 15) is 0 Å². The molecule has 0 saturated carbocycles. The minimum absolute atomic E-state index is 0.541. The lowest BCUT2D eigenvalue weighted by Crippen LogP contribution is -2.54. The number of ether oxygens (including phenoxy) is 1. The predicted molar refractivity (Wildman–Crippen MR) is 72.0 cm³/mol. The minimum Gasteiger partial charge on any atom is -0.496 e. The molecule has 0 aromatic heterocycles. The Balaban J connectivity index is 2.23. The van der Waals surface area contributed by atoms with E-state index in [-0.39, 0.29) is 0 Å². The SMILES string of the molecule is COc1ccc(N2CC(C)NCC2C)cc1C. The molecule has 1 aliphatic rings. The third-order valence-corrected chi connectivity index (χ3v) is 3.47. The highest BCUT2D eigenvalue weighted by Crippen LogP contribution is 2.26. The Morgan fingerprint density at radius 3 is 2.76 bits per heavy atom. The van der Waals surface area contributed by atoms with Crippen molar-refractivity contribution in [2.24, 2.45) is 0 Å². The van der Waals surface area contributed by atoms with E-state index in [1.165, 1.54) is 11.3 Å². The molecular formula is C14H22N2O. The monoisotopic (exact) mass is 234 g/mol. The molecule has 0 bridgehead atoms. The van der Waals surface area contributed by atoms with Gasteiger partial charge in [-0.15, -0.1) is 0 Å². The van der Waals surface area contributed by atoms with Crippen LogP contribution in [-0.4, -0.2) is 32.3 Å². The summed E-state index contributed by atoms with van der Waals surface area (Å²) in [7, 11) is 1.72. The summed E-state index contributed by atoms with van der Waals surface area (Å²) in [6.07, 6.45) is 0. The molecule has 2 atom stereocenters. The van der Waals surface area contributed by atoms with E-state index in [4.69, 9.17) is 4.74 Å². The van der Waals surface area contributed by atoms with Crippen LogP contribution in [0.2, 0.25) is 0 Å². The fourth-order valence-electron chi connectivity index (χ4n) is 2.42. The first-order chi connectivity index (χ1) is 8.11. The van der Waals surface area contributed by atoms with Gasteiger partial charge in [-0.3, -0.25) is 0 Å². The Morgan fingerprint density at radius 1 is 1.35 bits per heavy atom. The van der Waals surface area contributed by atoms with Gasteiger partial charge >= 0.3 is 0 Å². The first-order valence-corrected chi connectivity index (χ1v) is 6.26. The minimum atomic E-state index is 0.541. The molecule has 94 valence electrons. The van der Waals surface area contributed by atoms with Gasteiger partial charge in [-0.2, -0.15) is 0 Å². The van der Waals surface area contributed by atoms with Gasteiger partial charge in [-0.25, -0.2) is 0 Å². The lowest BCUT2D eigenvalue weighted by atomic mass is 10.1. The number of nitrogens with zero attached hydrogens (tertiary/aromatic N) is 1. The van der Waals surface area contributed by atoms with Crippen molar-refractivity contribution in [1.29, 1.82) is 0 Å². The fraction of sp³-hybridized carbons (Fsp3) is 0.571. The van der Waals surface area contributed by atoms with Crippen LogP contribution in [0.15, 0.2) is 18.2 Å². The highest BCUT2D eigenvalue weighted by molar-refractivity contribution is 5.54. The maximum Gasteiger partial charge on any atom is 0.121 e. The first kappa shape index (κ1) is 12.2. The highest BCUT2D eigenvalue weighted by atomic mass is 16.5. The van der Waals surface area contributed by atoms with Crippen LogP contribution in [0.4, 0.5) is 5.69 Å². The van der Waals surface area contributed by atoms with E-state index in [1.807, 2.05) is 0 Å². The summed E-state index contributed by atoms with van der Waals surface area (Å²) in [6, 6.07) is 7.52. The molecule has 0 aliphatic carbocycles. The van der Waals surface area contributed by atoms with Crippen LogP contribution in [0, 0.1) is 6.92 Å². The Labute approximate surface area is 104 Å². The molecule has 1 N–H and O–H groups in total. The van der Waals surface area contributed by atoms with Crippen molar-refractivity contribution in [3.8, 4) is 5.75 Å². The van der Waals surface area contributed by atoms with Gasteiger partial charge in [-0.1, -0.05) is 0 Å². The van der Waals surface area contributed by atoms with Crippen molar-refractivity contribution in [3.63, 3.8) is 0 Å². The smallest absolute Gasteiger partial charge is 0.121 e. The molecule has 1 saturated heterocycles. The van der Waals surface area contributed by atoms with Gasteiger partial charge in [0.2, 0.25) is 0 Å². The average Bonchev–Trinajstić information content (AvgIpc) is 2.32. The maximum atomic E-state index is 5.30. The highest BCUT2D eigenvalue weighted by Gasteiger charge is 2.22. The van der Waals surface area contributed by atoms with Crippen molar-refractivity contribution < 1.29 is 4.74 Å².